The van der Waals surface area contributed by atoms with Gasteiger partial charge in [-0.15, -0.1) is 5.10 Å². The van der Waals surface area contributed by atoms with E-state index in [1.165, 1.54) is 0 Å². The summed E-state index contributed by atoms with van der Waals surface area (Å²) in [4.78, 5) is 6.74. The van der Waals surface area contributed by atoms with E-state index in [1.54, 1.807) is 6.20 Å². The number of hydrogen-bond acceptors (Lipinski definition) is 6. The Kier molecular flexibility index (Phi) is 4.42. The van der Waals surface area contributed by atoms with Crippen molar-refractivity contribution in [1.82, 2.24) is 24.6 Å². The molecule has 0 spiro atoms. The first kappa shape index (κ1) is 14.0. The average Bonchev–Trinajstić information content (AvgIpc) is 2.92. The van der Waals surface area contributed by atoms with Crippen LogP contribution >= 0.6 is 0 Å². The minimum atomic E-state index is 0.154. The summed E-state index contributed by atoms with van der Waals surface area (Å²) in [6.07, 6.45) is 5.63. The molecule has 0 saturated carbocycles. The summed E-state index contributed by atoms with van der Waals surface area (Å²) in [5.74, 6) is 1.86. The highest BCUT2D eigenvalue weighted by Crippen LogP contribution is 2.10. The third kappa shape index (κ3) is 3.77. The number of rotatable bonds is 5. The summed E-state index contributed by atoms with van der Waals surface area (Å²) in [5, 5.41) is 11.1. The highest BCUT2D eigenvalue weighted by atomic mass is 16.5. The van der Waals surface area contributed by atoms with E-state index in [9.17, 15) is 0 Å². The third-order valence-corrected chi connectivity index (χ3v) is 3.59. The number of imidazole rings is 1. The van der Waals surface area contributed by atoms with Crippen LogP contribution in [0.5, 0.6) is 0 Å². The first-order valence-electron chi connectivity index (χ1n) is 7.13. The smallest absolute Gasteiger partial charge is 0.148 e. The SMILES string of the molecule is Cn1ccnc1CN1CCOC(CNc2cccnn2)C1. The second-order valence-corrected chi connectivity index (χ2v) is 5.17. The van der Waals surface area contributed by atoms with Crippen LogP contribution in [-0.2, 0) is 18.3 Å². The second-order valence-electron chi connectivity index (χ2n) is 5.17. The van der Waals surface area contributed by atoms with Crippen LogP contribution in [0.2, 0.25) is 0 Å². The number of anilines is 1. The Balaban J connectivity index is 1.50. The molecule has 7 nitrogen and oxygen atoms in total. The van der Waals surface area contributed by atoms with Crippen LogP contribution in [-0.4, -0.2) is 57.0 Å². The van der Waals surface area contributed by atoms with E-state index >= 15 is 0 Å². The Hall–Kier alpha value is -1.99. The molecule has 2 aromatic heterocycles. The van der Waals surface area contributed by atoms with Gasteiger partial charge in [0, 0.05) is 45.3 Å². The van der Waals surface area contributed by atoms with Crippen molar-refractivity contribution in [3.05, 3.63) is 36.5 Å². The molecule has 0 aliphatic carbocycles. The van der Waals surface area contributed by atoms with Gasteiger partial charge in [-0.25, -0.2) is 4.98 Å². The van der Waals surface area contributed by atoms with Gasteiger partial charge in [0.05, 0.1) is 19.3 Å². The fourth-order valence-electron chi connectivity index (χ4n) is 2.41. The minimum absolute atomic E-state index is 0.154. The standard InChI is InChI=1S/C14H20N6O/c1-19-6-5-15-14(19)11-20-7-8-21-12(10-20)9-16-13-3-2-4-17-18-13/h2-6,12H,7-11H2,1H3,(H,16,18). The van der Waals surface area contributed by atoms with E-state index in [0.29, 0.717) is 0 Å². The van der Waals surface area contributed by atoms with Crippen LogP contribution in [0.3, 0.4) is 0 Å². The maximum Gasteiger partial charge on any atom is 0.148 e. The summed E-state index contributed by atoms with van der Waals surface area (Å²) in [7, 11) is 2.02. The van der Waals surface area contributed by atoms with E-state index in [-0.39, 0.29) is 6.10 Å². The molecule has 1 saturated heterocycles. The molecule has 1 atom stereocenters. The van der Waals surface area contributed by atoms with Gasteiger partial charge >= 0.3 is 0 Å². The maximum atomic E-state index is 5.80. The topological polar surface area (TPSA) is 68.1 Å². The second kappa shape index (κ2) is 6.64. The van der Waals surface area contributed by atoms with Crippen molar-refractivity contribution < 1.29 is 4.74 Å². The summed E-state index contributed by atoms with van der Waals surface area (Å²) >= 11 is 0. The van der Waals surface area contributed by atoms with Crippen molar-refractivity contribution in [2.24, 2.45) is 7.05 Å². The number of morpholine rings is 1. The molecule has 21 heavy (non-hydrogen) atoms. The Morgan fingerprint density at radius 3 is 3.14 bits per heavy atom. The Morgan fingerprint density at radius 1 is 1.43 bits per heavy atom. The van der Waals surface area contributed by atoms with Gasteiger partial charge in [0.1, 0.15) is 11.6 Å². The first-order chi connectivity index (χ1) is 10.3. The quantitative estimate of drug-likeness (QED) is 0.865. The molecular formula is C14H20N6O. The molecule has 3 heterocycles. The van der Waals surface area contributed by atoms with Gasteiger partial charge < -0.3 is 14.6 Å². The summed E-state index contributed by atoms with van der Waals surface area (Å²) in [6, 6.07) is 3.77. The van der Waals surface area contributed by atoms with Crippen LogP contribution in [0.1, 0.15) is 5.82 Å². The van der Waals surface area contributed by atoms with Crippen molar-refractivity contribution in [1.29, 1.82) is 0 Å². The largest absolute Gasteiger partial charge is 0.374 e. The normalized spacial score (nSPS) is 19.6. The lowest BCUT2D eigenvalue weighted by molar-refractivity contribution is -0.0250. The molecule has 0 radical (unpaired) electrons. The molecule has 3 rings (SSSR count). The number of aryl methyl sites for hydroxylation is 1. The highest BCUT2D eigenvalue weighted by Gasteiger charge is 2.21. The van der Waals surface area contributed by atoms with Gasteiger partial charge in [-0.2, -0.15) is 5.10 Å². The predicted molar refractivity (Wildman–Crippen MR) is 78.7 cm³/mol. The van der Waals surface area contributed by atoms with Crippen molar-refractivity contribution in [3.63, 3.8) is 0 Å². The lowest BCUT2D eigenvalue weighted by atomic mass is 10.2. The van der Waals surface area contributed by atoms with Crippen LogP contribution in [0, 0.1) is 0 Å². The zero-order chi connectivity index (χ0) is 14.5. The zero-order valence-electron chi connectivity index (χ0n) is 12.1. The molecule has 0 bridgehead atoms. The van der Waals surface area contributed by atoms with E-state index < -0.39 is 0 Å². The van der Waals surface area contributed by atoms with Gasteiger partial charge in [-0.05, 0) is 12.1 Å². The van der Waals surface area contributed by atoms with Crippen molar-refractivity contribution >= 4 is 5.82 Å². The van der Waals surface area contributed by atoms with E-state index in [1.807, 2.05) is 31.6 Å². The average molecular weight is 288 g/mol. The van der Waals surface area contributed by atoms with Gasteiger partial charge in [0.25, 0.3) is 0 Å². The zero-order valence-corrected chi connectivity index (χ0v) is 12.1. The van der Waals surface area contributed by atoms with Gasteiger partial charge in [-0.3, -0.25) is 4.90 Å². The van der Waals surface area contributed by atoms with E-state index in [4.69, 9.17) is 4.74 Å². The van der Waals surface area contributed by atoms with Crippen LogP contribution in [0.25, 0.3) is 0 Å². The van der Waals surface area contributed by atoms with Crippen molar-refractivity contribution in [2.75, 3.05) is 31.6 Å². The van der Waals surface area contributed by atoms with Crippen LogP contribution < -0.4 is 5.32 Å². The predicted octanol–water partition coefficient (Wildman–Crippen LogP) is 0.523. The molecule has 2 aromatic rings. The summed E-state index contributed by atoms with van der Waals surface area (Å²) < 4.78 is 7.86. The minimum Gasteiger partial charge on any atom is -0.374 e. The molecule has 1 fully saturated rings. The molecule has 1 N–H and O–H groups in total. The Bertz CT molecular complexity index is 558. The fourth-order valence-corrected chi connectivity index (χ4v) is 2.41. The van der Waals surface area contributed by atoms with Gasteiger partial charge in [-0.1, -0.05) is 0 Å². The lowest BCUT2D eigenvalue weighted by Gasteiger charge is -2.32. The Labute approximate surface area is 124 Å². The molecule has 1 unspecified atom stereocenters. The summed E-state index contributed by atoms with van der Waals surface area (Å²) in [6.45, 7) is 4.16. The number of nitrogens with zero attached hydrogens (tertiary/aromatic N) is 5. The van der Waals surface area contributed by atoms with Gasteiger partial charge in [0.15, 0.2) is 0 Å². The van der Waals surface area contributed by atoms with Gasteiger partial charge in [0.2, 0.25) is 0 Å². The molecular weight excluding hydrogens is 268 g/mol. The third-order valence-electron chi connectivity index (χ3n) is 3.59. The highest BCUT2D eigenvalue weighted by molar-refractivity contribution is 5.31. The monoisotopic (exact) mass is 288 g/mol. The summed E-state index contributed by atoms with van der Waals surface area (Å²) in [5.41, 5.74) is 0. The molecule has 7 heteroatoms. The van der Waals surface area contributed by atoms with Crippen molar-refractivity contribution in [3.8, 4) is 0 Å². The van der Waals surface area contributed by atoms with E-state index in [2.05, 4.69) is 30.0 Å². The van der Waals surface area contributed by atoms with E-state index in [0.717, 1.165) is 44.4 Å². The number of hydrogen-bond donors (Lipinski definition) is 1. The van der Waals surface area contributed by atoms with Crippen LogP contribution in [0.4, 0.5) is 5.82 Å². The van der Waals surface area contributed by atoms with Crippen LogP contribution in [0.15, 0.2) is 30.7 Å². The lowest BCUT2D eigenvalue weighted by Crippen LogP contribution is -2.45. The molecule has 0 amide bonds. The number of aromatic nitrogens is 4. The molecule has 1 aliphatic rings. The molecule has 0 aromatic carbocycles. The maximum absolute atomic E-state index is 5.80. The molecule has 1 aliphatic heterocycles. The number of ether oxygens (including phenoxy) is 1. The first-order valence-corrected chi connectivity index (χ1v) is 7.13. The Morgan fingerprint density at radius 2 is 2.38 bits per heavy atom. The fraction of sp³-hybridized carbons (Fsp3) is 0.500. The molecule has 112 valence electrons. The van der Waals surface area contributed by atoms with Crippen molar-refractivity contribution in [2.45, 2.75) is 12.6 Å². The number of nitrogens with one attached hydrogen (secondary N) is 1.